The van der Waals surface area contributed by atoms with Gasteiger partial charge in [-0.2, -0.15) is 5.11 Å². The molecule has 1 aromatic rings. The smallest absolute Gasteiger partial charge is 0.199 e. The van der Waals surface area contributed by atoms with Crippen LogP contribution in [0.5, 0.6) is 5.75 Å². The Morgan fingerprint density at radius 3 is 2.61 bits per heavy atom. The molecule has 0 saturated heterocycles. The summed E-state index contributed by atoms with van der Waals surface area (Å²) in [5.41, 5.74) is 7.06. The van der Waals surface area contributed by atoms with Crippen molar-refractivity contribution < 1.29 is 18.5 Å². The first-order chi connectivity index (χ1) is 13.6. The molecule has 2 aliphatic carbocycles. The highest BCUT2D eigenvalue weighted by Gasteiger charge is 2.55. The van der Waals surface area contributed by atoms with E-state index in [4.69, 9.17) is 14.5 Å². The van der Waals surface area contributed by atoms with Crippen LogP contribution < -0.4 is 4.74 Å². The zero-order valence-electron chi connectivity index (χ0n) is 16.0. The Morgan fingerprint density at radius 2 is 1.89 bits per heavy atom. The molecule has 0 unspecified atom stereocenters. The van der Waals surface area contributed by atoms with E-state index in [1.54, 1.807) is 0 Å². The molecule has 7 heteroatoms. The van der Waals surface area contributed by atoms with Gasteiger partial charge in [0.2, 0.25) is 0 Å². The molecule has 1 aliphatic heterocycles. The Labute approximate surface area is 169 Å². The van der Waals surface area contributed by atoms with Gasteiger partial charge in [-0.1, -0.05) is 25.0 Å². The number of fused-ring (bicyclic) bond motifs is 1. The number of Topliss-reactive ketones (excluding diaryl/α,β-unsaturated/α-hetero) is 2. The van der Waals surface area contributed by atoms with Crippen LogP contribution in [-0.2, 0) is 20.2 Å². The number of ketones is 2. The first-order valence-electron chi connectivity index (χ1n) is 10.1. The first-order valence-corrected chi connectivity index (χ1v) is 10.8. The van der Waals surface area contributed by atoms with Crippen LogP contribution in [0.3, 0.4) is 0 Å². The maximum absolute atomic E-state index is 12.9. The van der Waals surface area contributed by atoms with Crippen LogP contribution in [0, 0.1) is 10.9 Å². The first kappa shape index (κ1) is 19.6. The third-order valence-corrected chi connectivity index (χ3v) is 7.23. The zero-order chi connectivity index (χ0) is 19.6. The van der Waals surface area contributed by atoms with Crippen molar-refractivity contribution >= 4 is 23.6 Å². The molecule has 6 nitrogen and oxygen atoms in total. The minimum absolute atomic E-state index is 0.132. The van der Waals surface area contributed by atoms with Crippen LogP contribution in [-0.4, -0.2) is 30.3 Å². The van der Waals surface area contributed by atoms with E-state index in [-0.39, 0.29) is 30.0 Å². The molecule has 0 aromatic heterocycles. The Hall–Kier alpha value is -1.73. The molecule has 1 spiro atoms. The number of benzene rings is 1. The van der Waals surface area contributed by atoms with Gasteiger partial charge in [0.25, 0.3) is 0 Å². The summed E-state index contributed by atoms with van der Waals surface area (Å²) in [7, 11) is 0. The summed E-state index contributed by atoms with van der Waals surface area (Å²) in [5, 5.41) is 3.55. The summed E-state index contributed by atoms with van der Waals surface area (Å²) >= 11 is 1.20. The van der Waals surface area contributed by atoms with Crippen molar-refractivity contribution in [2.24, 2.45) is 10.5 Å². The standard InChI is InChI=1S/C21H26N2O4S/c22-23-21(17(24)13-20(14-18(21)25)8-1-2-9-20)10-12-27-28-16-7-3-5-15-6-4-11-26-19(15)16/h3,5,7,22H,1-2,4,6,8-14H2. The lowest BCUT2D eigenvalue weighted by Gasteiger charge is -2.39. The van der Waals surface area contributed by atoms with Gasteiger partial charge in [0.1, 0.15) is 5.75 Å². The monoisotopic (exact) mass is 402 g/mol. The Kier molecular flexibility index (Phi) is 5.56. The van der Waals surface area contributed by atoms with Gasteiger partial charge in [-0.15, -0.1) is 0 Å². The Balaban J connectivity index is 1.38. The van der Waals surface area contributed by atoms with Crippen LogP contribution >= 0.6 is 12.0 Å². The number of para-hydroxylation sites is 1. The number of hydrogen-bond donors (Lipinski definition) is 1. The largest absolute Gasteiger partial charge is 0.492 e. The Morgan fingerprint density at radius 1 is 1.14 bits per heavy atom. The predicted octanol–water partition coefficient (Wildman–Crippen LogP) is 4.69. The van der Waals surface area contributed by atoms with Crippen molar-refractivity contribution in [2.45, 2.75) is 68.2 Å². The normalized spacial score (nSPS) is 22.7. The van der Waals surface area contributed by atoms with Gasteiger partial charge in [-0.25, -0.2) is 5.53 Å². The zero-order valence-corrected chi connectivity index (χ0v) is 16.8. The number of ether oxygens (including phenoxy) is 1. The van der Waals surface area contributed by atoms with Crippen LogP contribution in [0.1, 0.15) is 56.9 Å². The molecule has 150 valence electrons. The minimum atomic E-state index is -1.54. The maximum atomic E-state index is 12.9. The lowest BCUT2D eigenvalue weighted by atomic mass is 9.64. The van der Waals surface area contributed by atoms with Gasteiger partial charge >= 0.3 is 0 Å². The molecule has 1 aromatic carbocycles. The van der Waals surface area contributed by atoms with Crippen molar-refractivity contribution in [3.63, 3.8) is 0 Å². The highest BCUT2D eigenvalue weighted by molar-refractivity contribution is 7.94. The second-order valence-corrected chi connectivity index (χ2v) is 9.07. The van der Waals surface area contributed by atoms with E-state index < -0.39 is 5.54 Å². The highest BCUT2D eigenvalue weighted by atomic mass is 32.2. The summed E-state index contributed by atoms with van der Waals surface area (Å²) in [5.74, 6) is 0.469. The van der Waals surface area contributed by atoms with E-state index in [0.29, 0.717) is 19.4 Å². The summed E-state index contributed by atoms with van der Waals surface area (Å²) in [6, 6.07) is 5.99. The summed E-state index contributed by atoms with van der Waals surface area (Å²) in [6.07, 6.45) is 6.91. The number of carbonyl (C=O) groups excluding carboxylic acids is 2. The molecule has 0 bridgehead atoms. The van der Waals surface area contributed by atoms with Crippen molar-refractivity contribution in [3.8, 4) is 5.75 Å². The third kappa shape index (κ3) is 3.50. The van der Waals surface area contributed by atoms with Crippen LogP contribution in [0.15, 0.2) is 28.2 Å². The molecule has 0 amide bonds. The average Bonchev–Trinajstić information content (AvgIpc) is 3.15. The minimum Gasteiger partial charge on any atom is -0.492 e. The van der Waals surface area contributed by atoms with Gasteiger partial charge < -0.3 is 8.92 Å². The molecule has 2 saturated carbocycles. The molecule has 1 heterocycles. The lowest BCUT2D eigenvalue weighted by Crippen LogP contribution is -2.53. The number of nitrogens with one attached hydrogen (secondary N) is 1. The van der Waals surface area contributed by atoms with E-state index in [1.807, 2.05) is 12.1 Å². The van der Waals surface area contributed by atoms with E-state index in [2.05, 4.69) is 11.2 Å². The average molecular weight is 403 g/mol. The van der Waals surface area contributed by atoms with Gasteiger partial charge in [0.05, 0.1) is 18.1 Å². The van der Waals surface area contributed by atoms with Gasteiger partial charge in [-0.3, -0.25) is 9.59 Å². The second kappa shape index (κ2) is 7.95. The number of rotatable bonds is 6. The lowest BCUT2D eigenvalue weighted by molar-refractivity contribution is -0.143. The van der Waals surface area contributed by atoms with E-state index >= 15 is 0 Å². The van der Waals surface area contributed by atoms with E-state index in [1.165, 1.54) is 17.6 Å². The SMILES string of the molecule is N=NC1(CCOSc2cccc3c2OCCC3)C(=O)CC2(CCCC2)CC1=O. The van der Waals surface area contributed by atoms with Gasteiger partial charge in [-0.05, 0) is 42.7 Å². The van der Waals surface area contributed by atoms with Crippen molar-refractivity contribution in [1.29, 1.82) is 5.53 Å². The topological polar surface area (TPSA) is 88.8 Å². The quantitative estimate of drug-likeness (QED) is 0.323. The molecule has 0 radical (unpaired) electrons. The molecule has 4 rings (SSSR count). The summed E-state index contributed by atoms with van der Waals surface area (Å²) in [4.78, 5) is 26.6. The van der Waals surface area contributed by atoms with Gasteiger partial charge in [0, 0.05) is 31.3 Å². The molecular weight excluding hydrogens is 376 g/mol. The highest BCUT2D eigenvalue weighted by Crippen LogP contribution is 2.50. The second-order valence-electron chi connectivity index (χ2n) is 8.23. The molecular formula is C21H26N2O4S. The Bertz CT molecular complexity index is 769. The number of nitrogens with zero attached hydrogens (tertiary/aromatic N) is 1. The van der Waals surface area contributed by atoms with Crippen LogP contribution in [0.2, 0.25) is 0 Å². The van der Waals surface area contributed by atoms with Crippen molar-refractivity contribution in [3.05, 3.63) is 23.8 Å². The molecule has 28 heavy (non-hydrogen) atoms. The summed E-state index contributed by atoms with van der Waals surface area (Å²) < 4.78 is 11.5. The predicted molar refractivity (Wildman–Crippen MR) is 105 cm³/mol. The van der Waals surface area contributed by atoms with Gasteiger partial charge in [0.15, 0.2) is 17.1 Å². The van der Waals surface area contributed by atoms with E-state index in [0.717, 1.165) is 49.2 Å². The molecule has 3 aliphatic rings. The maximum Gasteiger partial charge on any atom is 0.199 e. The molecule has 0 atom stereocenters. The third-order valence-electron chi connectivity index (χ3n) is 6.44. The van der Waals surface area contributed by atoms with Crippen molar-refractivity contribution in [2.75, 3.05) is 13.2 Å². The molecule has 2 fully saturated rings. The van der Waals surface area contributed by atoms with Crippen molar-refractivity contribution in [1.82, 2.24) is 0 Å². The number of hydrogen-bond acceptors (Lipinski definition) is 7. The fraction of sp³-hybridized carbons (Fsp3) is 0.619. The number of aryl methyl sites for hydroxylation is 1. The van der Waals surface area contributed by atoms with E-state index in [9.17, 15) is 9.59 Å². The fourth-order valence-corrected chi connectivity index (χ4v) is 5.54. The number of carbonyl (C=O) groups is 2. The fourth-order valence-electron chi connectivity index (χ4n) is 4.85. The molecule has 1 N–H and O–H groups in total. The van der Waals surface area contributed by atoms with Crippen LogP contribution in [0.25, 0.3) is 0 Å². The van der Waals surface area contributed by atoms with Crippen LogP contribution in [0.4, 0.5) is 0 Å². The summed E-state index contributed by atoms with van der Waals surface area (Å²) in [6.45, 7) is 0.886.